The van der Waals surface area contributed by atoms with Gasteiger partial charge in [-0.15, -0.1) is 0 Å². The summed E-state index contributed by atoms with van der Waals surface area (Å²) in [5, 5.41) is 5.81. The number of hydrogen-bond acceptors (Lipinski definition) is 3. The number of anilines is 1. The van der Waals surface area contributed by atoms with E-state index in [9.17, 15) is 4.39 Å². The lowest BCUT2D eigenvalue weighted by Crippen LogP contribution is -2.52. The molecule has 4 rings (SSSR count). The fourth-order valence-corrected chi connectivity index (χ4v) is 3.65. The van der Waals surface area contributed by atoms with E-state index in [-0.39, 0.29) is 5.82 Å². The van der Waals surface area contributed by atoms with Gasteiger partial charge >= 0.3 is 0 Å². The summed E-state index contributed by atoms with van der Waals surface area (Å²) in [5.41, 5.74) is 2.08. The Labute approximate surface area is 164 Å². The molecule has 0 amide bonds. The van der Waals surface area contributed by atoms with Gasteiger partial charge in [0.15, 0.2) is 5.96 Å². The molecule has 6 heteroatoms. The maximum absolute atomic E-state index is 13.1. The van der Waals surface area contributed by atoms with Crippen LogP contribution in [0.2, 0.25) is 0 Å². The van der Waals surface area contributed by atoms with E-state index in [0.717, 1.165) is 48.9 Å². The van der Waals surface area contributed by atoms with Crippen molar-refractivity contribution in [3.05, 3.63) is 72.3 Å². The number of guanidine groups is 1. The van der Waals surface area contributed by atoms with Crippen molar-refractivity contribution in [3.63, 3.8) is 0 Å². The highest BCUT2D eigenvalue weighted by Crippen LogP contribution is 2.18. The van der Waals surface area contributed by atoms with Crippen molar-refractivity contribution < 1.29 is 4.39 Å². The molecule has 5 nitrogen and oxygen atoms in total. The van der Waals surface area contributed by atoms with Gasteiger partial charge in [-0.05, 0) is 35.7 Å². The number of fused-ring (bicyclic) bond motifs is 1. The lowest BCUT2D eigenvalue weighted by molar-refractivity contribution is 0.372. The third-order valence-corrected chi connectivity index (χ3v) is 5.15. The molecule has 0 aliphatic carbocycles. The number of nitrogens with zero attached hydrogens (tertiary/aromatic N) is 4. The number of aliphatic imine (C=N–C) groups is 1. The average molecular weight is 377 g/mol. The highest BCUT2D eigenvalue weighted by molar-refractivity contribution is 5.85. The van der Waals surface area contributed by atoms with Crippen LogP contribution < -0.4 is 10.2 Å². The minimum atomic E-state index is -0.200. The van der Waals surface area contributed by atoms with Gasteiger partial charge in [-0.2, -0.15) is 0 Å². The monoisotopic (exact) mass is 377 g/mol. The molecule has 1 aliphatic heterocycles. The van der Waals surface area contributed by atoms with Gasteiger partial charge in [0, 0.05) is 50.5 Å². The third kappa shape index (κ3) is 3.91. The van der Waals surface area contributed by atoms with Crippen LogP contribution in [0, 0.1) is 5.82 Å². The molecule has 3 aromatic rings. The summed E-state index contributed by atoms with van der Waals surface area (Å²) in [7, 11) is 1.81. The Bertz CT molecular complexity index is 957. The molecule has 2 aromatic carbocycles. The summed E-state index contributed by atoms with van der Waals surface area (Å²) < 4.78 is 13.1. The second-order valence-corrected chi connectivity index (χ2v) is 6.83. The number of rotatable bonds is 3. The first-order valence-electron chi connectivity index (χ1n) is 9.53. The van der Waals surface area contributed by atoms with Gasteiger partial charge in [-0.1, -0.05) is 24.3 Å². The molecule has 1 fully saturated rings. The summed E-state index contributed by atoms with van der Waals surface area (Å²) in [5.74, 6) is 0.683. The van der Waals surface area contributed by atoms with Crippen molar-refractivity contribution in [2.24, 2.45) is 4.99 Å². The van der Waals surface area contributed by atoms with Gasteiger partial charge in [-0.3, -0.25) is 9.98 Å². The maximum atomic E-state index is 13.1. The maximum Gasteiger partial charge on any atom is 0.194 e. The van der Waals surface area contributed by atoms with E-state index in [2.05, 4.69) is 37.2 Å². The Kier molecular flexibility index (Phi) is 5.37. The molecule has 0 radical (unpaired) electrons. The summed E-state index contributed by atoms with van der Waals surface area (Å²) in [6, 6.07) is 17.0. The predicted molar refractivity (Wildman–Crippen MR) is 112 cm³/mol. The second-order valence-electron chi connectivity index (χ2n) is 6.83. The summed E-state index contributed by atoms with van der Waals surface area (Å²) in [4.78, 5) is 13.5. The van der Waals surface area contributed by atoms with Crippen LogP contribution >= 0.6 is 0 Å². The molecule has 0 unspecified atom stereocenters. The minimum absolute atomic E-state index is 0.200. The molecule has 1 aromatic heterocycles. The van der Waals surface area contributed by atoms with Crippen molar-refractivity contribution in [2.45, 2.75) is 6.54 Å². The largest absolute Gasteiger partial charge is 0.368 e. The summed E-state index contributed by atoms with van der Waals surface area (Å²) in [6.07, 6.45) is 1.85. The van der Waals surface area contributed by atoms with E-state index in [0.29, 0.717) is 6.54 Å². The Morgan fingerprint density at radius 2 is 1.79 bits per heavy atom. The zero-order valence-electron chi connectivity index (χ0n) is 16.0. The Morgan fingerprint density at radius 1 is 1.04 bits per heavy atom. The Morgan fingerprint density at radius 3 is 2.54 bits per heavy atom. The second kappa shape index (κ2) is 8.25. The molecule has 0 spiro atoms. The van der Waals surface area contributed by atoms with Crippen LogP contribution in [0.1, 0.15) is 5.69 Å². The van der Waals surface area contributed by atoms with Crippen LogP contribution in [0.15, 0.2) is 65.8 Å². The van der Waals surface area contributed by atoms with Crippen LogP contribution in [0.25, 0.3) is 10.8 Å². The molecule has 28 heavy (non-hydrogen) atoms. The third-order valence-electron chi connectivity index (χ3n) is 5.15. The number of halogens is 1. The van der Waals surface area contributed by atoms with Gasteiger partial charge in [0.1, 0.15) is 5.82 Å². The lowest BCUT2D eigenvalue weighted by Gasteiger charge is -2.37. The number of hydrogen-bond donors (Lipinski definition) is 1. The average Bonchev–Trinajstić information content (AvgIpc) is 2.75. The first-order chi connectivity index (χ1) is 13.7. The summed E-state index contributed by atoms with van der Waals surface area (Å²) in [6.45, 7) is 4.10. The SMILES string of the molecule is CN=C(NCc1nccc2ccccc12)N1CCN(c2ccc(F)cc2)CC1. The standard InChI is InChI=1S/C22H24FN5/c1-24-22(26-16-21-20-5-3-2-4-17(20)10-11-25-21)28-14-12-27(13-15-28)19-8-6-18(23)7-9-19/h2-11H,12-16H2,1H3,(H,24,26). The predicted octanol–water partition coefficient (Wildman–Crippen LogP) is 3.27. The van der Waals surface area contributed by atoms with Crippen LogP contribution in [0.3, 0.4) is 0 Å². The highest BCUT2D eigenvalue weighted by Gasteiger charge is 2.20. The minimum Gasteiger partial charge on any atom is -0.368 e. The van der Waals surface area contributed by atoms with E-state index in [1.54, 1.807) is 0 Å². The fraction of sp³-hybridized carbons (Fsp3) is 0.273. The zero-order valence-corrected chi connectivity index (χ0v) is 16.0. The normalized spacial score (nSPS) is 15.1. The van der Waals surface area contributed by atoms with Crippen LogP contribution in [0.5, 0.6) is 0 Å². The number of pyridine rings is 1. The Balaban J connectivity index is 1.38. The Hall–Kier alpha value is -3.15. The van der Waals surface area contributed by atoms with Gasteiger partial charge in [0.05, 0.1) is 12.2 Å². The zero-order chi connectivity index (χ0) is 19.3. The fourth-order valence-electron chi connectivity index (χ4n) is 3.65. The number of benzene rings is 2. The molecule has 1 aliphatic rings. The molecule has 1 saturated heterocycles. The molecule has 0 saturated carbocycles. The summed E-state index contributed by atoms with van der Waals surface area (Å²) >= 11 is 0. The van der Waals surface area contributed by atoms with E-state index < -0.39 is 0 Å². The first-order valence-corrected chi connectivity index (χ1v) is 9.53. The van der Waals surface area contributed by atoms with Crippen molar-refractivity contribution >= 4 is 22.4 Å². The number of aromatic nitrogens is 1. The van der Waals surface area contributed by atoms with Gasteiger partial charge < -0.3 is 15.1 Å². The number of piperazine rings is 1. The van der Waals surface area contributed by atoms with Gasteiger partial charge in [0.25, 0.3) is 0 Å². The van der Waals surface area contributed by atoms with E-state index >= 15 is 0 Å². The molecular weight excluding hydrogens is 353 g/mol. The highest BCUT2D eigenvalue weighted by atomic mass is 19.1. The van der Waals surface area contributed by atoms with Gasteiger partial charge in [-0.25, -0.2) is 4.39 Å². The van der Waals surface area contributed by atoms with Crippen molar-refractivity contribution in [1.82, 2.24) is 15.2 Å². The lowest BCUT2D eigenvalue weighted by atomic mass is 10.1. The van der Waals surface area contributed by atoms with Crippen molar-refractivity contribution in [3.8, 4) is 0 Å². The smallest absolute Gasteiger partial charge is 0.194 e. The van der Waals surface area contributed by atoms with Crippen LogP contribution in [-0.4, -0.2) is 49.1 Å². The molecule has 144 valence electrons. The molecular formula is C22H24FN5. The van der Waals surface area contributed by atoms with Crippen LogP contribution in [0.4, 0.5) is 10.1 Å². The quantitative estimate of drug-likeness (QED) is 0.562. The van der Waals surface area contributed by atoms with Crippen LogP contribution in [-0.2, 0) is 6.54 Å². The molecule has 0 atom stereocenters. The van der Waals surface area contributed by atoms with E-state index in [1.807, 2.05) is 43.6 Å². The van der Waals surface area contributed by atoms with E-state index in [4.69, 9.17) is 0 Å². The molecule has 2 heterocycles. The van der Waals surface area contributed by atoms with Crippen molar-refractivity contribution in [1.29, 1.82) is 0 Å². The number of nitrogens with one attached hydrogen (secondary N) is 1. The first kappa shape index (κ1) is 18.2. The van der Waals surface area contributed by atoms with E-state index in [1.165, 1.54) is 17.5 Å². The van der Waals surface area contributed by atoms with Crippen molar-refractivity contribution in [2.75, 3.05) is 38.1 Å². The topological polar surface area (TPSA) is 43.8 Å². The molecule has 0 bridgehead atoms. The molecule has 1 N–H and O–H groups in total. The van der Waals surface area contributed by atoms with Gasteiger partial charge in [0.2, 0.25) is 0 Å².